The van der Waals surface area contributed by atoms with Gasteiger partial charge in [0.15, 0.2) is 0 Å². The van der Waals surface area contributed by atoms with Crippen molar-refractivity contribution < 1.29 is 9.53 Å². The maximum absolute atomic E-state index is 11.9. The zero-order valence-corrected chi connectivity index (χ0v) is 12.9. The van der Waals surface area contributed by atoms with Crippen molar-refractivity contribution in [3.8, 4) is 0 Å². The van der Waals surface area contributed by atoms with Gasteiger partial charge in [0.2, 0.25) is 5.91 Å². The van der Waals surface area contributed by atoms with E-state index in [1.54, 1.807) is 7.11 Å². The van der Waals surface area contributed by atoms with Crippen LogP contribution in [0.2, 0.25) is 0 Å². The van der Waals surface area contributed by atoms with Gasteiger partial charge in [-0.25, -0.2) is 0 Å². The highest BCUT2D eigenvalue weighted by atomic mass is 16.5. The number of amides is 1. The summed E-state index contributed by atoms with van der Waals surface area (Å²) in [4.78, 5) is 18.5. The highest BCUT2D eigenvalue weighted by Crippen LogP contribution is 2.22. The largest absolute Gasteiger partial charge is 0.383 e. The molecule has 0 bridgehead atoms. The molecule has 1 atom stereocenters. The highest BCUT2D eigenvalue weighted by molar-refractivity contribution is 5.78. The Morgan fingerprint density at radius 2 is 2.15 bits per heavy atom. The van der Waals surface area contributed by atoms with Gasteiger partial charge in [-0.2, -0.15) is 0 Å². The van der Waals surface area contributed by atoms with Gasteiger partial charge >= 0.3 is 0 Å². The van der Waals surface area contributed by atoms with Gasteiger partial charge in [0.1, 0.15) is 0 Å². The third-order valence-corrected chi connectivity index (χ3v) is 4.19. The number of aryl methyl sites for hydroxylation is 2. The Hall–Kier alpha value is -1.42. The molecule has 0 radical (unpaired) electrons. The number of hydrogen-bond donors (Lipinski definition) is 0. The zero-order chi connectivity index (χ0) is 14.7. The first kappa shape index (κ1) is 15.0. The van der Waals surface area contributed by atoms with Crippen LogP contribution in [0.1, 0.15) is 28.9 Å². The van der Waals surface area contributed by atoms with E-state index in [0.717, 1.165) is 24.4 Å². The molecule has 1 fully saturated rings. The van der Waals surface area contributed by atoms with Crippen LogP contribution in [-0.4, -0.2) is 42.6 Å². The molecule has 0 spiro atoms. The predicted molar refractivity (Wildman–Crippen MR) is 78.7 cm³/mol. The van der Waals surface area contributed by atoms with E-state index in [0.29, 0.717) is 25.5 Å². The van der Waals surface area contributed by atoms with Crippen LogP contribution >= 0.6 is 0 Å². The van der Waals surface area contributed by atoms with Crippen LogP contribution < -0.4 is 0 Å². The molecule has 0 aliphatic carbocycles. The SMILES string of the molecule is COCCN1C[C@H](Cc2cc(C)c(C)c(C)n2)CC1=O. The summed E-state index contributed by atoms with van der Waals surface area (Å²) >= 11 is 0. The molecular weight excluding hydrogens is 252 g/mol. The molecule has 4 nitrogen and oxygen atoms in total. The Balaban J connectivity index is 1.99. The topological polar surface area (TPSA) is 42.4 Å². The number of methoxy groups -OCH3 is 1. The number of aromatic nitrogens is 1. The predicted octanol–water partition coefficient (Wildman–Crippen LogP) is 2.04. The number of carbonyl (C=O) groups excluding carboxylic acids is 1. The van der Waals surface area contributed by atoms with Crippen molar-refractivity contribution in [2.75, 3.05) is 26.8 Å². The Bertz CT molecular complexity index is 476. The first-order chi connectivity index (χ1) is 9.51. The van der Waals surface area contributed by atoms with Crippen LogP contribution in [0, 0.1) is 26.7 Å². The monoisotopic (exact) mass is 276 g/mol. The lowest BCUT2D eigenvalue weighted by molar-refractivity contribution is -0.128. The molecule has 1 aromatic rings. The smallest absolute Gasteiger partial charge is 0.223 e. The molecule has 1 aliphatic rings. The van der Waals surface area contributed by atoms with E-state index < -0.39 is 0 Å². The first-order valence-electron chi connectivity index (χ1n) is 7.21. The summed E-state index contributed by atoms with van der Waals surface area (Å²) in [7, 11) is 1.67. The van der Waals surface area contributed by atoms with Crippen molar-refractivity contribution in [3.05, 3.63) is 28.6 Å². The van der Waals surface area contributed by atoms with Crippen molar-refractivity contribution in [1.29, 1.82) is 0 Å². The number of rotatable bonds is 5. The third-order valence-electron chi connectivity index (χ3n) is 4.19. The molecule has 0 aromatic carbocycles. The summed E-state index contributed by atoms with van der Waals surface area (Å²) in [6, 6.07) is 2.16. The highest BCUT2D eigenvalue weighted by Gasteiger charge is 2.29. The fraction of sp³-hybridized carbons (Fsp3) is 0.625. The number of pyridine rings is 1. The third kappa shape index (κ3) is 3.37. The second kappa shape index (κ2) is 6.35. The average molecular weight is 276 g/mol. The van der Waals surface area contributed by atoms with Crippen molar-refractivity contribution in [2.24, 2.45) is 5.92 Å². The Morgan fingerprint density at radius 1 is 1.40 bits per heavy atom. The van der Waals surface area contributed by atoms with Crippen molar-refractivity contribution in [3.63, 3.8) is 0 Å². The maximum Gasteiger partial charge on any atom is 0.223 e. The lowest BCUT2D eigenvalue weighted by Gasteiger charge is -2.16. The lowest BCUT2D eigenvalue weighted by Crippen LogP contribution is -2.29. The van der Waals surface area contributed by atoms with Gasteiger partial charge in [-0.3, -0.25) is 9.78 Å². The molecule has 1 aromatic heterocycles. The minimum Gasteiger partial charge on any atom is -0.383 e. The number of hydrogen-bond acceptors (Lipinski definition) is 3. The maximum atomic E-state index is 11.9. The van der Waals surface area contributed by atoms with Gasteiger partial charge in [-0.1, -0.05) is 0 Å². The van der Waals surface area contributed by atoms with Crippen LogP contribution in [-0.2, 0) is 16.0 Å². The van der Waals surface area contributed by atoms with Crippen LogP contribution in [0.15, 0.2) is 6.07 Å². The normalized spacial score (nSPS) is 18.9. The second-order valence-electron chi connectivity index (χ2n) is 5.75. The first-order valence-corrected chi connectivity index (χ1v) is 7.21. The summed E-state index contributed by atoms with van der Waals surface area (Å²) in [6.07, 6.45) is 1.52. The van der Waals surface area contributed by atoms with Gasteiger partial charge in [0.05, 0.1) is 6.61 Å². The van der Waals surface area contributed by atoms with Crippen molar-refractivity contribution in [1.82, 2.24) is 9.88 Å². The van der Waals surface area contributed by atoms with E-state index in [1.807, 2.05) is 4.90 Å². The van der Waals surface area contributed by atoms with Crippen molar-refractivity contribution >= 4 is 5.91 Å². The molecule has 0 N–H and O–H groups in total. The molecule has 4 heteroatoms. The van der Waals surface area contributed by atoms with Crippen molar-refractivity contribution in [2.45, 2.75) is 33.6 Å². The number of nitrogens with zero attached hydrogens (tertiary/aromatic N) is 2. The minimum absolute atomic E-state index is 0.243. The van der Waals surface area contributed by atoms with Crippen LogP contribution in [0.25, 0.3) is 0 Å². The van der Waals surface area contributed by atoms with Crippen LogP contribution in [0.4, 0.5) is 0 Å². The lowest BCUT2D eigenvalue weighted by atomic mass is 9.99. The summed E-state index contributed by atoms with van der Waals surface area (Å²) in [5.41, 5.74) is 4.75. The van der Waals surface area contributed by atoms with E-state index >= 15 is 0 Å². The molecule has 2 rings (SSSR count). The number of likely N-dealkylation sites (tertiary alicyclic amines) is 1. The molecule has 0 saturated carbocycles. The Morgan fingerprint density at radius 3 is 2.80 bits per heavy atom. The van der Waals surface area contributed by atoms with E-state index in [2.05, 4.69) is 31.8 Å². The van der Waals surface area contributed by atoms with Gasteiger partial charge in [0, 0.05) is 38.0 Å². The standard InChI is InChI=1S/C16H24N2O2/c1-11-7-15(17-13(3)12(11)2)8-14-9-16(19)18(10-14)5-6-20-4/h7,14H,5-6,8-10H2,1-4H3/t14-/m1/s1. The molecule has 110 valence electrons. The van der Waals surface area contributed by atoms with E-state index in [4.69, 9.17) is 4.74 Å². The molecule has 0 unspecified atom stereocenters. The Labute approximate surface area is 121 Å². The van der Waals surface area contributed by atoms with Crippen LogP contribution in [0.5, 0.6) is 0 Å². The van der Waals surface area contributed by atoms with Gasteiger partial charge < -0.3 is 9.64 Å². The number of carbonyl (C=O) groups is 1. The number of ether oxygens (including phenoxy) is 1. The Kier molecular flexibility index (Phi) is 4.76. The molecule has 1 amide bonds. The molecule has 2 heterocycles. The van der Waals surface area contributed by atoms with Gasteiger partial charge in [0.25, 0.3) is 0 Å². The molecule has 20 heavy (non-hydrogen) atoms. The molecule has 1 aliphatic heterocycles. The quantitative estimate of drug-likeness (QED) is 0.826. The molecular formula is C16H24N2O2. The molecule has 1 saturated heterocycles. The zero-order valence-electron chi connectivity index (χ0n) is 12.9. The summed E-state index contributed by atoms with van der Waals surface area (Å²) in [6.45, 7) is 8.42. The minimum atomic E-state index is 0.243. The van der Waals surface area contributed by atoms with E-state index in [9.17, 15) is 4.79 Å². The van der Waals surface area contributed by atoms with Gasteiger partial charge in [-0.15, -0.1) is 0 Å². The van der Waals surface area contributed by atoms with Gasteiger partial charge in [-0.05, 0) is 50.3 Å². The summed E-state index contributed by atoms with van der Waals surface area (Å²) < 4.78 is 5.04. The van der Waals surface area contributed by atoms with E-state index in [1.165, 1.54) is 11.1 Å². The summed E-state index contributed by atoms with van der Waals surface area (Å²) in [5, 5.41) is 0. The fourth-order valence-corrected chi connectivity index (χ4v) is 2.78. The van der Waals surface area contributed by atoms with E-state index in [-0.39, 0.29) is 5.91 Å². The summed E-state index contributed by atoms with van der Waals surface area (Å²) in [5.74, 6) is 0.626. The average Bonchev–Trinajstić information content (AvgIpc) is 2.73. The second-order valence-corrected chi connectivity index (χ2v) is 5.75. The fourth-order valence-electron chi connectivity index (χ4n) is 2.78. The van der Waals surface area contributed by atoms with Crippen LogP contribution in [0.3, 0.4) is 0 Å².